The van der Waals surface area contributed by atoms with E-state index in [1.54, 1.807) is 7.11 Å². The standard InChI is InChI=1S/C23H28N4O3/c1-15-12-21-24-18(14-22(28)27(21)26-15)13-20(16-6-4-3-5-7-16)25-23(29)17-8-10-19(30-2)11-9-17/h3-7,12,14,17,19-20,26H,8-11,13H2,1-2H3,(H,25,29)/t17?,19?,20-/m0/s1. The number of nitrogens with one attached hydrogen (secondary N) is 2. The number of ether oxygens (including phenoxy) is 1. The van der Waals surface area contributed by atoms with Crippen LogP contribution in [0.1, 0.15) is 48.7 Å². The molecule has 1 saturated carbocycles. The van der Waals surface area contributed by atoms with Crippen LogP contribution >= 0.6 is 0 Å². The molecule has 1 amide bonds. The number of aryl methyl sites for hydroxylation is 1. The Morgan fingerprint density at radius 1 is 1.23 bits per heavy atom. The van der Waals surface area contributed by atoms with E-state index in [9.17, 15) is 9.59 Å². The van der Waals surface area contributed by atoms with Crippen LogP contribution in [0.5, 0.6) is 0 Å². The third-order valence-corrected chi connectivity index (χ3v) is 5.94. The molecule has 2 N–H and O–H groups in total. The Kier molecular flexibility index (Phi) is 5.99. The molecule has 3 aromatic rings. The Labute approximate surface area is 175 Å². The van der Waals surface area contributed by atoms with E-state index in [0.29, 0.717) is 17.8 Å². The maximum atomic E-state index is 13.0. The number of fused-ring (bicyclic) bond motifs is 1. The number of aromatic amines is 1. The zero-order valence-corrected chi connectivity index (χ0v) is 17.4. The summed E-state index contributed by atoms with van der Waals surface area (Å²) in [6.45, 7) is 1.89. The number of H-pyrrole nitrogens is 1. The van der Waals surface area contributed by atoms with E-state index in [-0.39, 0.29) is 29.5 Å². The molecule has 158 valence electrons. The van der Waals surface area contributed by atoms with Gasteiger partial charge in [-0.1, -0.05) is 30.3 Å². The molecule has 2 aromatic heterocycles. The molecule has 0 saturated heterocycles. The minimum Gasteiger partial charge on any atom is -0.381 e. The lowest BCUT2D eigenvalue weighted by Gasteiger charge is -2.28. The summed E-state index contributed by atoms with van der Waals surface area (Å²) >= 11 is 0. The first-order chi connectivity index (χ1) is 14.5. The fourth-order valence-electron chi connectivity index (χ4n) is 4.26. The Balaban J connectivity index is 1.55. The van der Waals surface area contributed by atoms with Gasteiger partial charge in [0.2, 0.25) is 5.91 Å². The van der Waals surface area contributed by atoms with E-state index < -0.39 is 0 Å². The number of nitrogens with zero attached hydrogens (tertiary/aromatic N) is 2. The first-order valence-corrected chi connectivity index (χ1v) is 10.5. The van der Waals surface area contributed by atoms with E-state index in [0.717, 1.165) is 36.9 Å². The van der Waals surface area contributed by atoms with E-state index in [1.807, 2.05) is 43.3 Å². The maximum absolute atomic E-state index is 13.0. The SMILES string of the molecule is COC1CCC(C(=O)N[C@@H](Cc2cc(=O)n3[nH]c(C)cc3n2)c2ccccc2)CC1. The highest BCUT2D eigenvalue weighted by Crippen LogP contribution is 2.27. The zero-order valence-electron chi connectivity index (χ0n) is 17.4. The van der Waals surface area contributed by atoms with Crippen LogP contribution in [0, 0.1) is 12.8 Å². The van der Waals surface area contributed by atoms with Crippen molar-refractivity contribution in [1.82, 2.24) is 19.9 Å². The van der Waals surface area contributed by atoms with Crippen molar-refractivity contribution in [2.75, 3.05) is 7.11 Å². The predicted octanol–water partition coefficient (Wildman–Crippen LogP) is 2.94. The molecule has 1 aromatic carbocycles. The molecular weight excluding hydrogens is 380 g/mol. The Hall–Kier alpha value is -2.93. The van der Waals surface area contributed by atoms with Gasteiger partial charge in [0, 0.05) is 37.3 Å². The van der Waals surface area contributed by atoms with Crippen molar-refractivity contribution < 1.29 is 9.53 Å². The van der Waals surface area contributed by atoms with Crippen LogP contribution in [0.3, 0.4) is 0 Å². The average molecular weight is 409 g/mol. The quantitative estimate of drug-likeness (QED) is 0.656. The summed E-state index contributed by atoms with van der Waals surface area (Å²) < 4.78 is 6.86. The summed E-state index contributed by atoms with van der Waals surface area (Å²) in [6.07, 6.45) is 4.20. The van der Waals surface area contributed by atoms with Gasteiger partial charge in [0.15, 0.2) is 5.65 Å². The molecule has 7 heteroatoms. The van der Waals surface area contributed by atoms with Crippen molar-refractivity contribution in [3.63, 3.8) is 0 Å². The monoisotopic (exact) mass is 408 g/mol. The van der Waals surface area contributed by atoms with Crippen LogP contribution in [-0.2, 0) is 16.0 Å². The van der Waals surface area contributed by atoms with Gasteiger partial charge in [-0.15, -0.1) is 0 Å². The number of hydrogen-bond donors (Lipinski definition) is 2. The molecule has 1 atom stereocenters. The van der Waals surface area contributed by atoms with Gasteiger partial charge in [-0.05, 0) is 38.2 Å². The smallest absolute Gasteiger partial charge is 0.272 e. The number of carbonyl (C=O) groups excluding carboxylic acids is 1. The van der Waals surface area contributed by atoms with Crippen molar-refractivity contribution in [3.05, 3.63) is 69.8 Å². The second kappa shape index (κ2) is 8.83. The maximum Gasteiger partial charge on any atom is 0.272 e. The number of amides is 1. The summed E-state index contributed by atoms with van der Waals surface area (Å²) in [5, 5.41) is 6.20. The fraction of sp³-hybridized carbons (Fsp3) is 0.435. The minimum absolute atomic E-state index is 0.00370. The predicted molar refractivity (Wildman–Crippen MR) is 114 cm³/mol. The summed E-state index contributed by atoms with van der Waals surface area (Å²) in [7, 11) is 1.73. The van der Waals surface area contributed by atoms with E-state index >= 15 is 0 Å². The molecule has 0 spiro atoms. The van der Waals surface area contributed by atoms with Crippen LogP contribution < -0.4 is 10.9 Å². The molecule has 7 nitrogen and oxygen atoms in total. The van der Waals surface area contributed by atoms with Gasteiger partial charge in [0.05, 0.1) is 17.8 Å². The summed E-state index contributed by atoms with van der Waals surface area (Å²) in [6, 6.07) is 13.0. The minimum atomic E-state index is -0.242. The van der Waals surface area contributed by atoms with E-state index in [2.05, 4.69) is 15.4 Å². The zero-order chi connectivity index (χ0) is 21.1. The second-order valence-electron chi connectivity index (χ2n) is 8.10. The third-order valence-electron chi connectivity index (χ3n) is 5.94. The van der Waals surface area contributed by atoms with Gasteiger partial charge >= 0.3 is 0 Å². The Morgan fingerprint density at radius 2 is 1.97 bits per heavy atom. The summed E-state index contributed by atoms with van der Waals surface area (Å²) in [5.74, 6) is 0.0599. The van der Waals surface area contributed by atoms with E-state index in [1.165, 1.54) is 10.6 Å². The third kappa shape index (κ3) is 4.46. The van der Waals surface area contributed by atoms with Crippen LogP contribution in [0.25, 0.3) is 5.65 Å². The molecule has 2 heterocycles. The van der Waals surface area contributed by atoms with Gasteiger partial charge in [-0.3, -0.25) is 14.7 Å². The molecule has 4 rings (SSSR count). The van der Waals surface area contributed by atoms with Gasteiger partial charge in [-0.25, -0.2) is 9.50 Å². The lowest BCUT2D eigenvalue weighted by Crippen LogP contribution is -2.37. The Bertz CT molecular complexity index is 1060. The van der Waals surface area contributed by atoms with E-state index in [4.69, 9.17) is 4.74 Å². The number of carbonyl (C=O) groups is 1. The van der Waals surface area contributed by atoms with Crippen molar-refractivity contribution in [1.29, 1.82) is 0 Å². The highest BCUT2D eigenvalue weighted by molar-refractivity contribution is 5.79. The van der Waals surface area contributed by atoms with Crippen LogP contribution in [-0.4, -0.2) is 33.7 Å². The van der Waals surface area contributed by atoms with Gasteiger partial charge in [-0.2, -0.15) is 0 Å². The molecule has 1 aliphatic carbocycles. The molecule has 30 heavy (non-hydrogen) atoms. The molecule has 0 radical (unpaired) electrons. The number of hydrogen-bond acceptors (Lipinski definition) is 4. The van der Waals surface area contributed by atoms with Crippen molar-refractivity contribution in [2.24, 2.45) is 5.92 Å². The lowest BCUT2D eigenvalue weighted by atomic mass is 9.86. The largest absolute Gasteiger partial charge is 0.381 e. The fourth-order valence-corrected chi connectivity index (χ4v) is 4.26. The second-order valence-corrected chi connectivity index (χ2v) is 8.10. The molecule has 0 unspecified atom stereocenters. The first-order valence-electron chi connectivity index (χ1n) is 10.5. The number of methoxy groups -OCH3 is 1. The molecule has 1 aliphatic rings. The average Bonchev–Trinajstić information content (AvgIpc) is 3.14. The van der Waals surface area contributed by atoms with Gasteiger partial charge < -0.3 is 10.1 Å². The topological polar surface area (TPSA) is 88.5 Å². The highest BCUT2D eigenvalue weighted by atomic mass is 16.5. The lowest BCUT2D eigenvalue weighted by molar-refractivity contribution is -0.127. The van der Waals surface area contributed by atoms with Crippen LogP contribution in [0.15, 0.2) is 47.3 Å². The first kappa shape index (κ1) is 20.3. The number of aromatic nitrogens is 3. The summed E-state index contributed by atoms with van der Waals surface area (Å²) in [4.78, 5) is 30.1. The number of rotatable bonds is 6. The highest BCUT2D eigenvalue weighted by Gasteiger charge is 2.28. The van der Waals surface area contributed by atoms with Gasteiger partial charge in [0.1, 0.15) is 0 Å². The Morgan fingerprint density at radius 3 is 2.67 bits per heavy atom. The van der Waals surface area contributed by atoms with Crippen LogP contribution in [0.2, 0.25) is 0 Å². The molecule has 0 aliphatic heterocycles. The molecular formula is C23H28N4O3. The molecule has 0 bridgehead atoms. The van der Waals surface area contributed by atoms with Crippen molar-refractivity contribution in [2.45, 2.75) is 51.2 Å². The van der Waals surface area contributed by atoms with Gasteiger partial charge in [0.25, 0.3) is 5.56 Å². The van der Waals surface area contributed by atoms with Crippen molar-refractivity contribution in [3.8, 4) is 0 Å². The normalized spacial score (nSPS) is 20.2. The van der Waals surface area contributed by atoms with Crippen molar-refractivity contribution >= 4 is 11.6 Å². The number of benzene rings is 1. The summed E-state index contributed by atoms with van der Waals surface area (Å²) in [5.41, 5.74) is 2.97. The van der Waals surface area contributed by atoms with Crippen LogP contribution in [0.4, 0.5) is 0 Å². The molecule has 1 fully saturated rings.